The minimum atomic E-state index is -1.17. The van der Waals surface area contributed by atoms with Crippen LogP contribution in [0.1, 0.15) is 23.8 Å². The number of aliphatic hydroxyl groups is 1. The second-order valence-corrected chi connectivity index (χ2v) is 8.06. The van der Waals surface area contributed by atoms with Crippen molar-refractivity contribution in [3.05, 3.63) is 66.4 Å². The highest BCUT2D eigenvalue weighted by Gasteiger charge is 2.41. The first-order chi connectivity index (χ1) is 14.9. The molecule has 0 aliphatic carbocycles. The normalized spacial score (nSPS) is 21.0. The van der Waals surface area contributed by atoms with Crippen molar-refractivity contribution < 1.29 is 19.4 Å². The number of benzene rings is 2. The van der Waals surface area contributed by atoms with E-state index in [1.807, 2.05) is 61.6 Å². The first kappa shape index (κ1) is 20.9. The maximum Gasteiger partial charge on any atom is 0.274 e. The Hall–Kier alpha value is -3.32. The zero-order chi connectivity index (χ0) is 22.0. The minimum Gasteiger partial charge on any atom is -0.497 e. The maximum absolute atomic E-state index is 13.1. The van der Waals surface area contributed by atoms with Gasteiger partial charge in [0.2, 0.25) is 0 Å². The van der Waals surface area contributed by atoms with Crippen LogP contribution in [0.15, 0.2) is 60.7 Å². The quantitative estimate of drug-likeness (QED) is 0.685. The highest BCUT2D eigenvalue weighted by atomic mass is 16.5. The number of carbonyl (C=O) groups excluding carboxylic acids is 1. The number of methoxy groups -OCH3 is 1. The fraction of sp³-hybridized carbons (Fsp3) is 0.333. The maximum atomic E-state index is 13.1. The summed E-state index contributed by atoms with van der Waals surface area (Å²) >= 11 is 0. The van der Waals surface area contributed by atoms with Crippen molar-refractivity contribution in [3.63, 3.8) is 0 Å². The van der Waals surface area contributed by atoms with Gasteiger partial charge >= 0.3 is 0 Å². The molecule has 1 fully saturated rings. The van der Waals surface area contributed by atoms with Crippen LogP contribution in [0.3, 0.4) is 0 Å². The molecule has 1 aliphatic rings. The number of piperidine rings is 1. The highest BCUT2D eigenvalue weighted by Crippen LogP contribution is 2.28. The summed E-state index contributed by atoms with van der Waals surface area (Å²) in [5.41, 5.74) is 0.959. The second kappa shape index (κ2) is 8.43. The number of aryl methyl sites for hydroxylation is 1. The van der Waals surface area contributed by atoms with E-state index in [0.29, 0.717) is 24.4 Å². The van der Waals surface area contributed by atoms with E-state index in [1.54, 1.807) is 29.7 Å². The molecular formula is C24H27N3O4. The molecule has 31 heavy (non-hydrogen) atoms. The van der Waals surface area contributed by atoms with Crippen molar-refractivity contribution in [1.82, 2.24) is 14.7 Å². The molecule has 0 bridgehead atoms. The Bertz CT molecular complexity index is 1040. The number of hydrogen-bond acceptors (Lipinski definition) is 5. The fourth-order valence-electron chi connectivity index (χ4n) is 3.94. The number of amides is 1. The predicted molar refractivity (Wildman–Crippen MR) is 117 cm³/mol. The smallest absolute Gasteiger partial charge is 0.274 e. The second-order valence-electron chi connectivity index (χ2n) is 8.06. The van der Waals surface area contributed by atoms with Crippen LogP contribution < -0.4 is 9.47 Å². The number of rotatable bonds is 5. The Morgan fingerprint density at radius 1 is 1.13 bits per heavy atom. The van der Waals surface area contributed by atoms with Gasteiger partial charge in [0.05, 0.1) is 19.3 Å². The lowest BCUT2D eigenvalue weighted by Crippen LogP contribution is -2.58. The van der Waals surface area contributed by atoms with Crippen LogP contribution in [-0.2, 0) is 7.05 Å². The Kier molecular flexibility index (Phi) is 5.69. The summed E-state index contributed by atoms with van der Waals surface area (Å²) < 4.78 is 12.9. The number of para-hydroxylation sites is 1. The van der Waals surface area contributed by atoms with E-state index in [2.05, 4.69) is 5.10 Å². The van der Waals surface area contributed by atoms with E-state index in [1.165, 1.54) is 0 Å². The van der Waals surface area contributed by atoms with Gasteiger partial charge in [0, 0.05) is 25.6 Å². The van der Waals surface area contributed by atoms with Gasteiger partial charge in [0.1, 0.15) is 23.2 Å². The summed E-state index contributed by atoms with van der Waals surface area (Å²) in [5, 5.41) is 15.4. The van der Waals surface area contributed by atoms with Crippen LogP contribution in [0, 0.1) is 0 Å². The van der Waals surface area contributed by atoms with Crippen LogP contribution in [0.2, 0.25) is 0 Å². The van der Waals surface area contributed by atoms with E-state index in [4.69, 9.17) is 9.47 Å². The number of hydrogen-bond donors (Lipinski definition) is 1. The van der Waals surface area contributed by atoms with Crippen molar-refractivity contribution in [3.8, 4) is 22.8 Å². The summed E-state index contributed by atoms with van der Waals surface area (Å²) in [7, 11) is 3.44. The molecule has 2 aromatic carbocycles. The molecule has 1 N–H and O–H groups in total. The molecule has 0 radical (unpaired) electrons. The van der Waals surface area contributed by atoms with Gasteiger partial charge < -0.3 is 19.5 Å². The molecule has 1 aliphatic heterocycles. The fourth-order valence-corrected chi connectivity index (χ4v) is 3.94. The Labute approximate surface area is 181 Å². The number of β-amino-alcohol motifs (C(OH)–C–C–N with tert-alkyl or cyclic N) is 1. The van der Waals surface area contributed by atoms with Crippen molar-refractivity contribution >= 4 is 5.91 Å². The third-order valence-corrected chi connectivity index (χ3v) is 5.66. The van der Waals surface area contributed by atoms with Gasteiger partial charge in [-0.15, -0.1) is 0 Å². The van der Waals surface area contributed by atoms with Crippen LogP contribution in [0.25, 0.3) is 11.3 Å². The van der Waals surface area contributed by atoms with Gasteiger partial charge in [-0.25, -0.2) is 0 Å². The molecule has 1 aromatic heterocycles. The highest BCUT2D eigenvalue weighted by molar-refractivity contribution is 5.93. The number of nitrogens with zero attached hydrogens (tertiary/aromatic N) is 3. The summed E-state index contributed by atoms with van der Waals surface area (Å²) in [4.78, 5) is 14.8. The van der Waals surface area contributed by atoms with Crippen LogP contribution in [0.4, 0.5) is 0 Å². The monoisotopic (exact) mass is 421 g/mol. The van der Waals surface area contributed by atoms with Crippen molar-refractivity contribution in [1.29, 1.82) is 0 Å². The molecular weight excluding hydrogens is 394 g/mol. The molecule has 1 amide bonds. The van der Waals surface area contributed by atoms with Crippen molar-refractivity contribution in [2.24, 2.45) is 7.05 Å². The molecule has 2 atom stereocenters. The lowest BCUT2D eigenvalue weighted by atomic mass is 9.91. The van der Waals surface area contributed by atoms with Gasteiger partial charge in [-0.2, -0.15) is 5.10 Å². The topological polar surface area (TPSA) is 76.8 Å². The van der Waals surface area contributed by atoms with E-state index < -0.39 is 11.7 Å². The summed E-state index contributed by atoms with van der Waals surface area (Å²) in [6, 6.07) is 18.8. The van der Waals surface area contributed by atoms with Crippen LogP contribution in [0.5, 0.6) is 11.5 Å². The van der Waals surface area contributed by atoms with Crippen molar-refractivity contribution in [2.75, 3.05) is 20.2 Å². The first-order valence-corrected chi connectivity index (χ1v) is 10.3. The Morgan fingerprint density at radius 3 is 2.48 bits per heavy atom. The van der Waals surface area contributed by atoms with Gasteiger partial charge in [-0.1, -0.05) is 18.2 Å². The minimum absolute atomic E-state index is 0.178. The third-order valence-electron chi connectivity index (χ3n) is 5.66. The number of ether oxygens (including phenoxy) is 2. The summed E-state index contributed by atoms with van der Waals surface area (Å²) in [6.45, 7) is 2.37. The van der Waals surface area contributed by atoms with E-state index >= 15 is 0 Å². The number of carbonyl (C=O) groups is 1. The molecule has 162 valence electrons. The Balaban J connectivity index is 1.47. The third kappa shape index (κ3) is 4.41. The van der Waals surface area contributed by atoms with E-state index in [9.17, 15) is 9.90 Å². The lowest BCUT2D eigenvalue weighted by molar-refractivity contribution is -0.0900. The van der Waals surface area contributed by atoms with Crippen LogP contribution in [-0.4, -0.2) is 57.6 Å². The summed E-state index contributed by atoms with van der Waals surface area (Å²) in [6.07, 6.45) is 0.142. The molecule has 0 spiro atoms. The molecule has 0 unspecified atom stereocenters. The molecule has 1 saturated heterocycles. The predicted octanol–water partition coefficient (Wildman–Crippen LogP) is 3.14. The van der Waals surface area contributed by atoms with E-state index in [-0.39, 0.29) is 12.5 Å². The first-order valence-electron chi connectivity index (χ1n) is 10.3. The Morgan fingerprint density at radius 2 is 1.84 bits per heavy atom. The molecule has 4 rings (SSSR count). The van der Waals surface area contributed by atoms with Crippen molar-refractivity contribution in [2.45, 2.75) is 25.0 Å². The van der Waals surface area contributed by atoms with E-state index in [0.717, 1.165) is 17.0 Å². The van der Waals surface area contributed by atoms with Gasteiger partial charge in [0.15, 0.2) is 5.69 Å². The summed E-state index contributed by atoms with van der Waals surface area (Å²) in [5.74, 6) is 1.28. The SMILES string of the molecule is COc1ccc(-c2cc(C(=O)N3CC[C@H](Oc4ccccc4)[C@@](C)(O)C3)nn2C)cc1. The molecule has 7 heteroatoms. The average Bonchev–Trinajstić information content (AvgIpc) is 3.16. The zero-order valence-electron chi connectivity index (χ0n) is 18.0. The lowest BCUT2D eigenvalue weighted by Gasteiger charge is -2.42. The van der Waals surface area contributed by atoms with Crippen LogP contribution >= 0.6 is 0 Å². The van der Waals surface area contributed by atoms with Gasteiger partial charge in [0.25, 0.3) is 5.91 Å². The molecule has 2 heterocycles. The van der Waals surface area contributed by atoms with Gasteiger partial charge in [-0.05, 0) is 49.4 Å². The average molecular weight is 421 g/mol. The molecule has 7 nitrogen and oxygen atoms in total. The number of aromatic nitrogens is 2. The van der Waals surface area contributed by atoms with Gasteiger partial charge in [-0.3, -0.25) is 9.48 Å². The number of likely N-dealkylation sites (tertiary alicyclic amines) is 1. The standard InChI is InChI=1S/C24H27N3O4/c1-24(29)16-27(14-13-22(24)31-19-7-5-4-6-8-19)23(28)20-15-21(26(2)25-20)17-9-11-18(30-3)12-10-17/h4-12,15,22,29H,13-14,16H2,1-3H3/t22-,24-/m0/s1. The molecule has 3 aromatic rings. The molecule has 0 saturated carbocycles. The zero-order valence-corrected chi connectivity index (χ0v) is 18.0. The largest absolute Gasteiger partial charge is 0.497 e.